The molecule has 0 aliphatic rings. The van der Waals surface area contributed by atoms with Gasteiger partial charge in [0.2, 0.25) is 0 Å². The van der Waals surface area contributed by atoms with Crippen molar-refractivity contribution < 1.29 is 0 Å². The predicted octanol–water partition coefficient (Wildman–Crippen LogP) is 4.15. The van der Waals surface area contributed by atoms with Crippen LogP contribution in [0.5, 0.6) is 0 Å². The molecule has 0 aromatic heterocycles. The van der Waals surface area contributed by atoms with E-state index in [9.17, 15) is 0 Å². The Bertz CT molecular complexity index is 389. The van der Waals surface area contributed by atoms with Crippen molar-refractivity contribution in [1.29, 1.82) is 0 Å². The first-order chi connectivity index (χ1) is 7.03. The quantitative estimate of drug-likeness (QED) is 0.677. The zero-order valence-corrected chi connectivity index (χ0v) is 14.3. The molecule has 0 unspecified atom stereocenters. The molecule has 0 atom stereocenters. The molecule has 1 heteroatoms. The van der Waals surface area contributed by atoms with Gasteiger partial charge in [-0.15, -0.1) is 0 Å². The minimum absolute atomic E-state index is 0.262. The molecule has 1 aromatic rings. The van der Waals surface area contributed by atoms with E-state index in [4.69, 9.17) is 0 Å². The molecule has 16 heavy (non-hydrogen) atoms. The van der Waals surface area contributed by atoms with Crippen molar-refractivity contribution in [2.45, 2.75) is 57.3 Å². The summed E-state index contributed by atoms with van der Waals surface area (Å²) in [5.41, 5.74) is 4.73. The zero-order chi connectivity index (χ0) is 12.7. The van der Waals surface area contributed by atoms with E-state index in [1.54, 1.807) is 4.40 Å². The van der Waals surface area contributed by atoms with Crippen LogP contribution in [0, 0.1) is 13.8 Å². The molecular weight excluding hydrogens is 253 g/mol. The normalized spacial score (nSPS) is 13.0. The third kappa shape index (κ3) is 2.91. The van der Waals surface area contributed by atoms with Crippen LogP contribution in [0.25, 0.3) is 0 Å². The molecule has 0 saturated heterocycles. The van der Waals surface area contributed by atoms with Crippen LogP contribution in [0.4, 0.5) is 0 Å². The maximum absolute atomic E-state index is 2.47. The summed E-state index contributed by atoms with van der Waals surface area (Å²) >= 11 is -1.70. The van der Waals surface area contributed by atoms with E-state index in [0.29, 0.717) is 0 Å². The van der Waals surface area contributed by atoms with Crippen LogP contribution in [0.1, 0.15) is 37.5 Å². The van der Waals surface area contributed by atoms with Crippen molar-refractivity contribution in [1.82, 2.24) is 0 Å². The first kappa shape index (κ1) is 13.8. The Hall–Kier alpha value is -0.237. The van der Waals surface area contributed by atoms with Crippen LogP contribution >= 0.6 is 0 Å². The van der Waals surface area contributed by atoms with Gasteiger partial charge in [-0.05, 0) is 0 Å². The summed E-state index contributed by atoms with van der Waals surface area (Å²) in [6.45, 7) is 11.5. The molecule has 0 spiro atoms. The van der Waals surface area contributed by atoms with Gasteiger partial charge in [-0.25, -0.2) is 0 Å². The Kier molecular flexibility index (Phi) is 3.64. The topological polar surface area (TPSA) is 0 Å². The van der Waals surface area contributed by atoms with Gasteiger partial charge < -0.3 is 0 Å². The summed E-state index contributed by atoms with van der Waals surface area (Å²) in [6, 6.07) is 4.90. The van der Waals surface area contributed by atoms with Gasteiger partial charge in [0.05, 0.1) is 0 Å². The van der Waals surface area contributed by atoms with Crippen molar-refractivity contribution in [3.05, 3.63) is 28.8 Å². The monoisotopic (exact) mass is 280 g/mol. The molecule has 1 aromatic carbocycles. The number of aryl methyl sites for hydroxylation is 1. The molecule has 0 aliphatic heterocycles. The van der Waals surface area contributed by atoms with E-state index in [1.807, 2.05) is 0 Å². The summed E-state index contributed by atoms with van der Waals surface area (Å²) in [6.07, 6.45) is 0. The van der Waals surface area contributed by atoms with Gasteiger partial charge >= 0.3 is 104 Å². The van der Waals surface area contributed by atoms with Gasteiger partial charge in [0, 0.05) is 0 Å². The average Bonchev–Trinajstić information content (AvgIpc) is 2.05. The van der Waals surface area contributed by atoms with E-state index in [0.717, 1.165) is 0 Å². The summed E-state index contributed by atoms with van der Waals surface area (Å²) < 4.78 is 1.63. The van der Waals surface area contributed by atoms with E-state index >= 15 is 0 Å². The zero-order valence-electron chi connectivity index (χ0n) is 12.2. The van der Waals surface area contributed by atoms with Crippen molar-refractivity contribution in [2.75, 3.05) is 0 Å². The first-order valence-electron chi connectivity index (χ1n) is 6.15. The Balaban J connectivity index is 3.46. The SMILES string of the molecule is Cc1c[c]([Ge]([CH3])([CH3])[CH3])cc(C(C)(C)C)c1C. The molecule has 0 nitrogen and oxygen atoms in total. The summed E-state index contributed by atoms with van der Waals surface area (Å²) in [4.78, 5) is 0. The Morgan fingerprint density at radius 2 is 1.44 bits per heavy atom. The Morgan fingerprint density at radius 1 is 0.938 bits per heavy atom. The molecule has 90 valence electrons. The van der Waals surface area contributed by atoms with Crippen molar-refractivity contribution in [2.24, 2.45) is 0 Å². The number of hydrogen-bond donors (Lipinski definition) is 0. The van der Waals surface area contributed by atoms with Gasteiger partial charge in [-0.1, -0.05) is 0 Å². The second kappa shape index (κ2) is 4.21. The van der Waals surface area contributed by atoms with Crippen molar-refractivity contribution in [3.8, 4) is 0 Å². The van der Waals surface area contributed by atoms with E-state index in [2.05, 4.69) is 64.0 Å². The molecule has 0 amide bonds. The Labute approximate surface area is 104 Å². The number of rotatable bonds is 1. The van der Waals surface area contributed by atoms with E-state index in [1.165, 1.54) is 16.7 Å². The molecule has 0 bridgehead atoms. The van der Waals surface area contributed by atoms with Crippen LogP contribution in [-0.2, 0) is 5.41 Å². The fourth-order valence-corrected chi connectivity index (χ4v) is 4.65. The third-order valence-corrected chi connectivity index (χ3v) is 7.58. The molecule has 0 fully saturated rings. The minimum atomic E-state index is -1.70. The number of hydrogen-bond acceptors (Lipinski definition) is 0. The van der Waals surface area contributed by atoms with Crippen LogP contribution in [-0.4, -0.2) is 13.3 Å². The first-order valence-corrected chi connectivity index (χ1v) is 13.5. The standard InChI is InChI=1S/C15H26Ge/c1-11-9-13(16(6,7)8)10-14(12(11)2)15(3,4)5/h9-10H,1-8H3. The Morgan fingerprint density at radius 3 is 1.81 bits per heavy atom. The molecule has 0 aliphatic carbocycles. The van der Waals surface area contributed by atoms with Gasteiger partial charge in [0.1, 0.15) is 0 Å². The molecule has 0 saturated carbocycles. The van der Waals surface area contributed by atoms with Crippen LogP contribution in [0.15, 0.2) is 12.1 Å². The second-order valence-corrected chi connectivity index (χ2v) is 17.6. The summed E-state index contributed by atoms with van der Waals surface area (Å²) in [5.74, 6) is 7.41. The van der Waals surface area contributed by atoms with Gasteiger partial charge in [-0.2, -0.15) is 0 Å². The third-order valence-electron chi connectivity index (χ3n) is 3.34. The van der Waals surface area contributed by atoms with Crippen LogP contribution < -0.4 is 4.40 Å². The second-order valence-electron chi connectivity index (χ2n) is 6.97. The van der Waals surface area contributed by atoms with E-state index < -0.39 is 13.3 Å². The van der Waals surface area contributed by atoms with Gasteiger partial charge in [-0.3, -0.25) is 0 Å². The predicted molar refractivity (Wildman–Crippen MR) is 77.6 cm³/mol. The van der Waals surface area contributed by atoms with Crippen molar-refractivity contribution >= 4 is 17.7 Å². The van der Waals surface area contributed by atoms with Crippen LogP contribution in [0.2, 0.25) is 17.3 Å². The average molecular weight is 279 g/mol. The summed E-state index contributed by atoms with van der Waals surface area (Å²) in [5, 5.41) is 0. The molecule has 1 rings (SSSR count). The molecule has 0 N–H and O–H groups in total. The van der Waals surface area contributed by atoms with Gasteiger partial charge in [0.25, 0.3) is 0 Å². The number of benzene rings is 1. The fourth-order valence-electron chi connectivity index (χ4n) is 2.07. The molecular formula is C15H26Ge. The van der Waals surface area contributed by atoms with Gasteiger partial charge in [0.15, 0.2) is 0 Å². The van der Waals surface area contributed by atoms with E-state index in [-0.39, 0.29) is 5.41 Å². The fraction of sp³-hybridized carbons (Fsp3) is 0.600. The molecule has 0 heterocycles. The molecule has 0 radical (unpaired) electrons. The van der Waals surface area contributed by atoms with Crippen LogP contribution in [0.3, 0.4) is 0 Å². The summed E-state index contributed by atoms with van der Waals surface area (Å²) in [7, 11) is 0. The van der Waals surface area contributed by atoms with Crippen molar-refractivity contribution in [3.63, 3.8) is 0 Å². The maximum atomic E-state index is 2.47.